The quantitative estimate of drug-likeness (QED) is 0.598. The Bertz CT molecular complexity index is 205. The molecule has 0 bridgehead atoms. The van der Waals surface area contributed by atoms with Crippen LogP contribution in [0.3, 0.4) is 0 Å². The zero-order chi connectivity index (χ0) is 6.69. The molecule has 2 heteroatoms. The van der Waals surface area contributed by atoms with Crippen molar-refractivity contribution in [2.24, 2.45) is 0 Å². The second-order valence-electron chi connectivity index (χ2n) is 1.77. The molecule has 1 rings (SSSR count). The Morgan fingerprint density at radius 1 is 1.22 bits per heavy atom. The van der Waals surface area contributed by atoms with Crippen LogP contribution >= 0.6 is 0 Å². The van der Waals surface area contributed by atoms with Crippen LogP contribution in [-0.2, 0) is 3.83 Å². The summed E-state index contributed by atoms with van der Waals surface area (Å²) < 4.78 is 11.8. The van der Waals surface area contributed by atoms with Crippen LogP contribution in [0.5, 0.6) is 0 Å². The third kappa shape index (κ3) is 1.74. The van der Waals surface area contributed by atoms with Crippen molar-refractivity contribution >= 4 is 18.3 Å². The van der Waals surface area contributed by atoms with Crippen LogP contribution in [0.4, 0.5) is 0 Å². The van der Waals surface area contributed by atoms with E-state index in [0.717, 1.165) is 4.46 Å². The Morgan fingerprint density at radius 2 is 1.78 bits per heavy atom. The van der Waals surface area contributed by atoms with Crippen molar-refractivity contribution < 1.29 is 3.83 Å². The molecule has 0 aliphatic carbocycles. The first kappa shape index (κ1) is 6.66. The van der Waals surface area contributed by atoms with Gasteiger partial charge in [-0.3, -0.25) is 0 Å². The molecule has 0 heterocycles. The number of benzene rings is 1. The van der Waals surface area contributed by atoms with E-state index in [-0.39, 0.29) is 0 Å². The van der Waals surface area contributed by atoms with Gasteiger partial charge in [-0.15, -0.1) is 0 Å². The van der Waals surface area contributed by atoms with E-state index in [1.165, 1.54) is 0 Å². The van der Waals surface area contributed by atoms with Gasteiger partial charge < -0.3 is 0 Å². The summed E-state index contributed by atoms with van der Waals surface area (Å²) in [4.78, 5) is 0. The minimum atomic E-state index is -1.66. The number of rotatable bonds is 1. The molecule has 1 unspecified atom stereocenters. The summed E-state index contributed by atoms with van der Waals surface area (Å²) >= 11 is -1.66. The molecule has 0 aliphatic heterocycles. The van der Waals surface area contributed by atoms with E-state index in [4.69, 9.17) is 0 Å². The molecule has 0 saturated carbocycles. The first-order chi connectivity index (χ1) is 4.30. The summed E-state index contributed by atoms with van der Waals surface area (Å²) in [5.41, 5.74) is 0. The average molecular weight is 187 g/mol. The zero-order valence-electron chi connectivity index (χ0n) is 5.20. The van der Waals surface area contributed by atoms with Crippen molar-refractivity contribution in [2.45, 2.75) is 5.82 Å². The predicted molar refractivity (Wildman–Crippen MR) is 38.4 cm³/mol. The van der Waals surface area contributed by atoms with Crippen molar-refractivity contribution in [3.05, 3.63) is 30.3 Å². The molecule has 1 nitrogen and oxygen atoms in total. The molecule has 9 heavy (non-hydrogen) atoms. The zero-order valence-corrected chi connectivity index (χ0v) is 6.92. The van der Waals surface area contributed by atoms with E-state index >= 15 is 0 Å². The molecular weight excluding hydrogens is 179 g/mol. The van der Waals surface area contributed by atoms with E-state index in [1.807, 2.05) is 30.3 Å². The van der Waals surface area contributed by atoms with Crippen LogP contribution in [0, 0.1) is 0 Å². The van der Waals surface area contributed by atoms with Gasteiger partial charge in [-0.25, -0.2) is 0 Å². The van der Waals surface area contributed by atoms with E-state index < -0.39 is 13.8 Å². The molecule has 1 aromatic rings. The van der Waals surface area contributed by atoms with Gasteiger partial charge in [0.2, 0.25) is 0 Å². The monoisotopic (exact) mass is 188 g/mol. The van der Waals surface area contributed by atoms with E-state index in [2.05, 4.69) is 0 Å². The molecule has 1 aromatic carbocycles. The van der Waals surface area contributed by atoms with Crippen LogP contribution in [0.1, 0.15) is 0 Å². The predicted octanol–water partition coefficient (Wildman–Crippen LogP) is 0.945. The van der Waals surface area contributed by atoms with Crippen LogP contribution in [0.2, 0.25) is 5.82 Å². The molecule has 48 valence electrons. The second kappa shape index (κ2) is 2.90. The Kier molecular flexibility index (Phi) is 2.15. The standard InChI is InChI=1S/C7H8OSe/c1-9(8)7-5-3-2-4-6-7/h2-6H,1H3. The third-order valence-corrected chi connectivity index (χ3v) is 3.04. The molecule has 1 atom stereocenters. The molecule has 0 fully saturated rings. The van der Waals surface area contributed by atoms with Gasteiger partial charge >= 0.3 is 58.3 Å². The Labute approximate surface area is 58.8 Å². The summed E-state index contributed by atoms with van der Waals surface area (Å²) in [7, 11) is 0. The third-order valence-electron chi connectivity index (χ3n) is 1.08. The van der Waals surface area contributed by atoms with E-state index in [1.54, 1.807) is 5.82 Å². The van der Waals surface area contributed by atoms with Gasteiger partial charge in [-0.2, -0.15) is 0 Å². The molecule has 0 aromatic heterocycles. The first-order valence-electron chi connectivity index (χ1n) is 2.69. The SMILES string of the molecule is C[Se](=O)c1ccccc1. The average Bonchev–Trinajstić information content (AvgIpc) is 1.90. The maximum atomic E-state index is 10.9. The Morgan fingerprint density at radius 3 is 2.11 bits per heavy atom. The fourth-order valence-electron chi connectivity index (χ4n) is 0.612. The van der Waals surface area contributed by atoms with Crippen LogP contribution in [-0.4, -0.2) is 13.8 Å². The van der Waals surface area contributed by atoms with Gasteiger partial charge in [0.1, 0.15) is 0 Å². The number of hydrogen-bond acceptors (Lipinski definition) is 1. The van der Waals surface area contributed by atoms with Gasteiger partial charge in [-0.05, 0) is 0 Å². The van der Waals surface area contributed by atoms with Crippen LogP contribution in [0.15, 0.2) is 30.3 Å². The van der Waals surface area contributed by atoms with Crippen LogP contribution in [0.25, 0.3) is 0 Å². The van der Waals surface area contributed by atoms with Gasteiger partial charge in [0.15, 0.2) is 0 Å². The molecule has 0 aliphatic rings. The van der Waals surface area contributed by atoms with Crippen molar-refractivity contribution in [1.29, 1.82) is 0 Å². The number of hydrogen-bond donors (Lipinski definition) is 0. The normalized spacial score (nSPS) is 13.0. The van der Waals surface area contributed by atoms with Crippen molar-refractivity contribution in [3.8, 4) is 0 Å². The molecule has 0 amide bonds. The van der Waals surface area contributed by atoms with E-state index in [9.17, 15) is 3.83 Å². The van der Waals surface area contributed by atoms with Crippen LogP contribution < -0.4 is 4.46 Å². The second-order valence-corrected chi connectivity index (χ2v) is 4.66. The van der Waals surface area contributed by atoms with Crippen molar-refractivity contribution in [2.75, 3.05) is 0 Å². The molecule has 0 radical (unpaired) electrons. The van der Waals surface area contributed by atoms with Crippen molar-refractivity contribution in [3.63, 3.8) is 0 Å². The summed E-state index contributed by atoms with van der Waals surface area (Å²) in [5, 5.41) is 0. The summed E-state index contributed by atoms with van der Waals surface area (Å²) in [6, 6.07) is 9.55. The summed E-state index contributed by atoms with van der Waals surface area (Å²) in [6.45, 7) is 0. The summed E-state index contributed by atoms with van der Waals surface area (Å²) in [6.07, 6.45) is 0. The first-order valence-corrected chi connectivity index (χ1v) is 5.96. The molecular formula is C7H8OSe. The van der Waals surface area contributed by atoms with Gasteiger partial charge in [0.25, 0.3) is 0 Å². The van der Waals surface area contributed by atoms with Gasteiger partial charge in [0.05, 0.1) is 0 Å². The fraction of sp³-hybridized carbons (Fsp3) is 0.143. The Balaban J connectivity index is 2.98. The van der Waals surface area contributed by atoms with Gasteiger partial charge in [-0.1, -0.05) is 0 Å². The molecule has 0 N–H and O–H groups in total. The molecule has 0 spiro atoms. The maximum absolute atomic E-state index is 10.9. The fourth-order valence-corrected chi connectivity index (χ4v) is 1.75. The van der Waals surface area contributed by atoms with E-state index in [0.29, 0.717) is 0 Å². The summed E-state index contributed by atoms with van der Waals surface area (Å²) in [5.74, 6) is 1.77. The minimum absolute atomic E-state index is 0.984. The topological polar surface area (TPSA) is 17.1 Å². The van der Waals surface area contributed by atoms with Crippen molar-refractivity contribution in [1.82, 2.24) is 0 Å². The Hall–Kier alpha value is -0.461. The van der Waals surface area contributed by atoms with Gasteiger partial charge in [0, 0.05) is 0 Å². The molecule has 0 saturated heterocycles.